The minimum Gasteiger partial charge on any atom is -0.322 e. The summed E-state index contributed by atoms with van der Waals surface area (Å²) in [5.74, 6) is 0. The first-order valence-electron chi connectivity index (χ1n) is 4.92. The monoisotopic (exact) mass is 209 g/mol. The van der Waals surface area contributed by atoms with E-state index in [9.17, 15) is 0 Å². The molecule has 2 unspecified atom stereocenters. The standard InChI is InChI=1S/C10H15N3O2/c1-9(11)4-6-14-15-10(9,2)8-3-5-12-7-13-8/h3,5,7H,4,6,11H2,1-2H3. The number of hydrogen-bond acceptors (Lipinski definition) is 5. The van der Waals surface area contributed by atoms with Gasteiger partial charge in [-0.15, -0.1) is 0 Å². The third kappa shape index (κ3) is 1.62. The van der Waals surface area contributed by atoms with Crippen molar-refractivity contribution in [3.8, 4) is 0 Å². The molecule has 0 aromatic carbocycles. The fourth-order valence-electron chi connectivity index (χ4n) is 1.66. The summed E-state index contributed by atoms with van der Waals surface area (Å²) < 4.78 is 0. The summed E-state index contributed by atoms with van der Waals surface area (Å²) in [4.78, 5) is 18.4. The summed E-state index contributed by atoms with van der Waals surface area (Å²) in [6.07, 6.45) is 3.88. The Morgan fingerprint density at radius 2 is 2.27 bits per heavy atom. The lowest BCUT2D eigenvalue weighted by Crippen LogP contribution is -2.59. The van der Waals surface area contributed by atoms with E-state index < -0.39 is 11.1 Å². The van der Waals surface area contributed by atoms with E-state index >= 15 is 0 Å². The fourth-order valence-corrected chi connectivity index (χ4v) is 1.66. The summed E-state index contributed by atoms with van der Waals surface area (Å²) in [6, 6.07) is 1.79. The topological polar surface area (TPSA) is 70.3 Å². The number of hydrogen-bond donors (Lipinski definition) is 1. The maximum Gasteiger partial charge on any atom is 0.160 e. The van der Waals surface area contributed by atoms with Crippen molar-refractivity contribution in [3.05, 3.63) is 24.3 Å². The van der Waals surface area contributed by atoms with Gasteiger partial charge < -0.3 is 5.73 Å². The fraction of sp³-hybridized carbons (Fsp3) is 0.600. The van der Waals surface area contributed by atoms with E-state index in [1.807, 2.05) is 13.8 Å². The number of rotatable bonds is 1. The maximum absolute atomic E-state index is 6.22. The van der Waals surface area contributed by atoms with Gasteiger partial charge >= 0.3 is 0 Å². The molecule has 1 aromatic rings. The molecule has 5 nitrogen and oxygen atoms in total. The second-order valence-electron chi connectivity index (χ2n) is 4.20. The predicted molar refractivity (Wildman–Crippen MR) is 53.6 cm³/mol. The van der Waals surface area contributed by atoms with E-state index in [2.05, 4.69) is 9.97 Å². The van der Waals surface area contributed by atoms with Gasteiger partial charge in [0.15, 0.2) is 5.60 Å². The van der Waals surface area contributed by atoms with Gasteiger partial charge in [0.1, 0.15) is 6.33 Å². The lowest BCUT2D eigenvalue weighted by atomic mass is 9.78. The lowest BCUT2D eigenvalue weighted by molar-refractivity contribution is -0.403. The van der Waals surface area contributed by atoms with Gasteiger partial charge in [-0.1, -0.05) is 0 Å². The molecule has 0 radical (unpaired) electrons. The molecule has 1 aromatic heterocycles. The molecule has 2 N–H and O–H groups in total. The van der Waals surface area contributed by atoms with Gasteiger partial charge in [0.05, 0.1) is 17.8 Å². The Hall–Kier alpha value is -1.04. The van der Waals surface area contributed by atoms with Crippen LogP contribution >= 0.6 is 0 Å². The van der Waals surface area contributed by atoms with Crippen LogP contribution in [0.5, 0.6) is 0 Å². The largest absolute Gasteiger partial charge is 0.322 e. The van der Waals surface area contributed by atoms with Crippen LogP contribution in [0.15, 0.2) is 18.6 Å². The van der Waals surface area contributed by atoms with E-state index in [4.69, 9.17) is 15.5 Å². The smallest absolute Gasteiger partial charge is 0.160 e. The molecule has 15 heavy (non-hydrogen) atoms. The average molecular weight is 209 g/mol. The summed E-state index contributed by atoms with van der Waals surface area (Å²) >= 11 is 0. The van der Waals surface area contributed by atoms with Crippen molar-refractivity contribution in [1.82, 2.24) is 9.97 Å². The van der Waals surface area contributed by atoms with Crippen molar-refractivity contribution in [2.45, 2.75) is 31.4 Å². The molecule has 1 aliphatic heterocycles. The van der Waals surface area contributed by atoms with Crippen molar-refractivity contribution in [3.63, 3.8) is 0 Å². The summed E-state index contributed by atoms with van der Waals surface area (Å²) in [6.45, 7) is 4.33. The van der Waals surface area contributed by atoms with Crippen LogP contribution in [-0.4, -0.2) is 22.1 Å². The van der Waals surface area contributed by atoms with Gasteiger partial charge in [0.25, 0.3) is 0 Å². The van der Waals surface area contributed by atoms with Crippen molar-refractivity contribution >= 4 is 0 Å². The van der Waals surface area contributed by atoms with Crippen LogP contribution in [0.1, 0.15) is 26.0 Å². The Balaban J connectivity index is 2.40. The van der Waals surface area contributed by atoms with Crippen LogP contribution < -0.4 is 5.73 Å². The second kappa shape index (κ2) is 3.52. The van der Waals surface area contributed by atoms with E-state index in [-0.39, 0.29) is 0 Å². The van der Waals surface area contributed by atoms with Gasteiger partial charge in [-0.05, 0) is 26.3 Å². The highest BCUT2D eigenvalue weighted by atomic mass is 17.2. The number of nitrogens with zero attached hydrogens (tertiary/aromatic N) is 2. The van der Waals surface area contributed by atoms with Crippen LogP contribution in [0.25, 0.3) is 0 Å². The molecule has 2 heterocycles. The van der Waals surface area contributed by atoms with Crippen LogP contribution in [0, 0.1) is 0 Å². The third-order valence-corrected chi connectivity index (χ3v) is 3.09. The Morgan fingerprint density at radius 3 is 2.87 bits per heavy atom. The first kappa shape index (κ1) is 10.5. The van der Waals surface area contributed by atoms with Gasteiger partial charge in [0, 0.05) is 6.20 Å². The highest BCUT2D eigenvalue weighted by Crippen LogP contribution is 2.38. The molecule has 0 aliphatic carbocycles. The molecule has 0 spiro atoms. The zero-order valence-corrected chi connectivity index (χ0v) is 8.93. The Labute approximate surface area is 88.6 Å². The molecule has 0 bridgehead atoms. The van der Waals surface area contributed by atoms with Crippen LogP contribution in [0.2, 0.25) is 0 Å². The van der Waals surface area contributed by atoms with Gasteiger partial charge in [-0.25, -0.2) is 19.7 Å². The molecule has 5 heteroatoms. The quantitative estimate of drug-likeness (QED) is 0.691. The number of aromatic nitrogens is 2. The molecule has 1 fully saturated rings. The highest BCUT2D eigenvalue weighted by molar-refractivity contribution is 5.17. The first-order valence-corrected chi connectivity index (χ1v) is 4.92. The average Bonchev–Trinajstić information content (AvgIpc) is 2.24. The van der Waals surface area contributed by atoms with Crippen molar-refractivity contribution in [2.24, 2.45) is 5.73 Å². The van der Waals surface area contributed by atoms with Crippen LogP contribution in [0.3, 0.4) is 0 Å². The van der Waals surface area contributed by atoms with E-state index in [1.165, 1.54) is 6.33 Å². The molecule has 1 saturated heterocycles. The van der Waals surface area contributed by atoms with Crippen molar-refractivity contribution in [1.29, 1.82) is 0 Å². The minimum atomic E-state index is -0.728. The second-order valence-corrected chi connectivity index (χ2v) is 4.20. The van der Waals surface area contributed by atoms with Crippen LogP contribution in [-0.2, 0) is 15.4 Å². The Morgan fingerprint density at radius 1 is 1.47 bits per heavy atom. The van der Waals surface area contributed by atoms with Gasteiger partial charge in [-0.2, -0.15) is 0 Å². The predicted octanol–water partition coefficient (Wildman–Crippen LogP) is 0.761. The molecular weight excluding hydrogens is 194 g/mol. The van der Waals surface area contributed by atoms with Gasteiger partial charge in [-0.3, -0.25) is 0 Å². The van der Waals surface area contributed by atoms with Gasteiger partial charge in [0.2, 0.25) is 0 Å². The lowest BCUT2D eigenvalue weighted by Gasteiger charge is -2.44. The van der Waals surface area contributed by atoms with Crippen molar-refractivity contribution in [2.75, 3.05) is 6.61 Å². The maximum atomic E-state index is 6.22. The van der Waals surface area contributed by atoms with Crippen molar-refractivity contribution < 1.29 is 9.78 Å². The normalized spacial score (nSPS) is 36.5. The first-order chi connectivity index (χ1) is 7.06. The molecule has 0 saturated carbocycles. The summed E-state index contributed by atoms with van der Waals surface area (Å²) in [5.41, 5.74) is 5.73. The molecule has 82 valence electrons. The van der Waals surface area contributed by atoms with Crippen LogP contribution in [0.4, 0.5) is 0 Å². The molecule has 0 amide bonds. The van der Waals surface area contributed by atoms with E-state index in [0.29, 0.717) is 6.61 Å². The summed E-state index contributed by atoms with van der Waals surface area (Å²) in [7, 11) is 0. The zero-order valence-electron chi connectivity index (χ0n) is 8.93. The summed E-state index contributed by atoms with van der Waals surface area (Å²) in [5, 5.41) is 0. The zero-order chi connectivity index (χ0) is 10.9. The molecule has 2 rings (SSSR count). The third-order valence-electron chi connectivity index (χ3n) is 3.09. The highest BCUT2D eigenvalue weighted by Gasteiger charge is 2.49. The molecular formula is C10H15N3O2. The Bertz CT molecular complexity index is 342. The van der Waals surface area contributed by atoms with E-state index in [1.54, 1.807) is 12.3 Å². The van der Waals surface area contributed by atoms with E-state index in [0.717, 1.165) is 12.1 Å². The SMILES string of the molecule is CC1(N)CCOOC1(C)c1ccncn1. The molecule has 2 atom stereocenters. The Kier molecular flexibility index (Phi) is 2.46. The molecule has 1 aliphatic rings. The number of nitrogens with two attached hydrogens (primary N) is 1. The minimum absolute atomic E-state index is 0.500.